The van der Waals surface area contributed by atoms with Gasteiger partial charge in [-0.1, -0.05) is 36.4 Å². The Hall–Kier alpha value is -1.95. The summed E-state index contributed by atoms with van der Waals surface area (Å²) in [5, 5.41) is 2.13. The number of fused-ring (bicyclic) bond motifs is 3. The van der Waals surface area contributed by atoms with Gasteiger partial charge in [0.25, 0.3) is 0 Å². The van der Waals surface area contributed by atoms with Crippen LogP contribution in [0.2, 0.25) is 0 Å². The summed E-state index contributed by atoms with van der Waals surface area (Å²) < 4.78 is 12.4. The monoisotopic (exact) mass is 395 g/mol. The van der Waals surface area contributed by atoms with Crippen LogP contribution in [0.25, 0.3) is 5.57 Å². The first-order valence-corrected chi connectivity index (χ1v) is 11.0. The molecule has 3 aliphatic rings. The fraction of sp³-hybridized carbons (Fsp3) is 0.435. The van der Waals surface area contributed by atoms with Gasteiger partial charge in [0.1, 0.15) is 6.10 Å². The van der Waals surface area contributed by atoms with Crippen molar-refractivity contribution in [2.75, 3.05) is 19.8 Å². The van der Waals surface area contributed by atoms with E-state index in [1.54, 1.807) is 17.6 Å². The average molecular weight is 396 g/mol. The van der Waals surface area contributed by atoms with Crippen molar-refractivity contribution >= 4 is 22.7 Å². The summed E-state index contributed by atoms with van der Waals surface area (Å²) in [5.74, 6) is 0.437. The van der Waals surface area contributed by atoms with E-state index in [1.165, 1.54) is 4.88 Å². The molecule has 2 aromatic rings. The molecule has 2 aliphatic heterocycles. The van der Waals surface area contributed by atoms with Crippen molar-refractivity contribution in [2.45, 2.75) is 31.5 Å². The van der Waals surface area contributed by atoms with Gasteiger partial charge >= 0.3 is 0 Å². The third kappa shape index (κ3) is 3.43. The molecule has 4 atom stereocenters. The fourth-order valence-electron chi connectivity index (χ4n) is 4.80. The van der Waals surface area contributed by atoms with E-state index < -0.39 is 0 Å². The van der Waals surface area contributed by atoms with E-state index in [-0.39, 0.29) is 29.8 Å². The molecule has 0 bridgehead atoms. The molecular formula is C23H25NO3S. The molecule has 146 valence electrons. The fourth-order valence-corrected chi connectivity index (χ4v) is 5.50. The maximum Gasteiger partial charge on any atom is 0.173 e. The molecule has 28 heavy (non-hydrogen) atoms. The number of rotatable bonds is 4. The van der Waals surface area contributed by atoms with Gasteiger partial charge in [-0.3, -0.25) is 9.69 Å². The van der Waals surface area contributed by atoms with E-state index >= 15 is 0 Å². The summed E-state index contributed by atoms with van der Waals surface area (Å²) in [5.41, 5.74) is 1.66. The largest absolute Gasteiger partial charge is 0.496 e. The Balaban J connectivity index is 1.30. The van der Waals surface area contributed by atoms with Gasteiger partial charge in [0.15, 0.2) is 5.78 Å². The molecule has 5 rings (SSSR count). The van der Waals surface area contributed by atoms with Crippen LogP contribution >= 0.6 is 11.3 Å². The van der Waals surface area contributed by atoms with Crippen molar-refractivity contribution in [3.05, 3.63) is 64.5 Å². The zero-order valence-corrected chi connectivity index (χ0v) is 16.6. The number of Topliss-reactive ketones (excluding diaryl/α,β-unsaturated/α-hetero) is 1. The van der Waals surface area contributed by atoms with Crippen LogP contribution in [0.4, 0.5) is 0 Å². The topological polar surface area (TPSA) is 38.8 Å². The highest BCUT2D eigenvalue weighted by atomic mass is 32.1. The number of carbonyl (C=O) groups is 1. The number of hydrogen-bond donors (Lipinski definition) is 0. The van der Waals surface area contributed by atoms with Crippen LogP contribution in [0.3, 0.4) is 0 Å². The minimum atomic E-state index is -0.0664. The van der Waals surface area contributed by atoms with Crippen molar-refractivity contribution < 1.29 is 14.3 Å². The second-order valence-electron chi connectivity index (χ2n) is 7.95. The Morgan fingerprint density at radius 2 is 2.00 bits per heavy atom. The molecule has 2 fully saturated rings. The first-order valence-electron chi connectivity index (χ1n) is 10.1. The van der Waals surface area contributed by atoms with Crippen LogP contribution < -0.4 is 0 Å². The highest BCUT2D eigenvalue weighted by molar-refractivity contribution is 7.09. The minimum Gasteiger partial charge on any atom is -0.496 e. The third-order valence-corrected chi connectivity index (χ3v) is 7.22. The smallest absolute Gasteiger partial charge is 0.173 e. The van der Waals surface area contributed by atoms with Crippen LogP contribution in [0.5, 0.6) is 0 Å². The van der Waals surface area contributed by atoms with Gasteiger partial charge in [-0.2, -0.15) is 0 Å². The number of hydrogen-bond acceptors (Lipinski definition) is 5. The predicted octanol–water partition coefficient (Wildman–Crippen LogP) is 3.98. The van der Waals surface area contributed by atoms with E-state index in [9.17, 15) is 4.79 Å². The SMILES string of the molecule is O=C1C(c2ccccc2)=COC2C1CCC1OCN(CCc3cccs3)CC12. The zero-order chi connectivity index (χ0) is 18.9. The first-order chi connectivity index (χ1) is 13.8. The van der Waals surface area contributed by atoms with Crippen LogP contribution in [-0.4, -0.2) is 42.7 Å². The van der Waals surface area contributed by atoms with Crippen LogP contribution in [-0.2, 0) is 20.7 Å². The molecule has 1 saturated carbocycles. The third-order valence-electron chi connectivity index (χ3n) is 6.28. The highest BCUT2D eigenvalue weighted by Crippen LogP contribution is 2.41. The number of ether oxygens (including phenoxy) is 2. The number of thiophene rings is 1. The lowest BCUT2D eigenvalue weighted by Gasteiger charge is -2.48. The van der Waals surface area contributed by atoms with Gasteiger partial charge in [0.2, 0.25) is 0 Å². The van der Waals surface area contributed by atoms with Crippen molar-refractivity contribution in [3.8, 4) is 0 Å². The molecular weight excluding hydrogens is 370 g/mol. The standard InChI is InChI=1S/C23H25NO3S/c25-22-18-8-9-21-19(13-24(15-27-21)11-10-17-7-4-12-28-17)23(18)26-14-20(22)16-5-2-1-3-6-16/h1-7,12,14,18-19,21,23H,8-11,13,15H2. The number of ketones is 1. The number of nitrogens with zero attached hydrogens (tertiary/aromatic N) is 1. The Kier molecular flexibility index (Phi) is 5.05. The Bertz CT molecular complexity index is 848. The van der Waals surface area contributed by atoms with Gasteiger partial charge in [0, 0.05) is 23.9 Å². The van der Waals surface area contributed by atoms with Crippen molar-refractivity contribution in [1.82, 2.24) is 4.90 Å². The quantitative estimate of drug-likeness (QED) is 0.785. The Labute approximate surface area is 169 Å². The molecule has 1 aliphatic carbocycles. The van der Waals surface area contributed by atoms with Gasteiger partial charge in [-0.25, -0.2) is 0 Å². The lowest BCUT2D eigenvalue weighted by atomic mass is 9.71. The molecule has 1 aromatic carbocycles. The Morgan fingerprint density at radius 1 is 1.11 bits per heavy atom. The predicted molar refractivity (Wildman–Crippen MR) is 110 cm³/mol. The summed E-state index contributed by atoms with van der Waals surface area (Å²) in [6.45, 7) is 2.61. The average Bonchev–Trinajstić information content (AvgIpc) is 3.26. The lowest BCUT2D eigenvalue weighted by Crippen LogP contribution is -2.56. The second-order valence-corrected chi connectivity index (χ2v) is 8.98. The maximum absolute atomic E-state index is 13.2. The summed E-state index contributed by atoms with van der Waals surface area (Å²) in [4.78, 5) is 17.0. The van der Waals surface area contributed by atoms with Crippen LogP contribution in [0.1, 0.15) is 23.3 Å². The number of carbonyl (C=O) groups excluding carboxylic acids is 1. The Morgan fingerprint density at radius 3 is 2.82 bits per heavy atom. The van der Waals surface area contributed by atoms with E-state index in [2.05, 4.69) is 22.4 Å². The van der Waals surface area contributed by atoms with Crippen molar-refractivity contribution in [1.29, 1.82) is 0 Å². The van der Waals surface area contributed by atoms with E-state index in [0.29, 0.717) is 12.3 Å². The second kappa shape index (κ2) is 7.82. The maximum atomic E-state index is 13.2. The van der Waals surface area contributed by atoms with E-state index in [1.807, 2.05) is 30.3 Å². The van der Waals surface area contributed by atoms with Crippen LogP contribution in [0.15, 0.2) is 54.1 Å². The van der Waals surface area contributed by atoms with Crippen LogP contribution in [0, 0.1) is 11.8 Å². The zero-order valence-electron chi connectivity index (χ0n) is 15.8. The molecule has 0 spiro atoms. The molecule has 0 radical (unpaired) electrons. The number of benzene rings is 1. The van der Waals surface area contributed by atoms with E-state index in [4.69, 9.17) is 9.47 Å². The molecule has 4 unspecified atom stereocenters. The number of allylic oxidation sites excluding steroid dienone is 1. The van der Waals surface area contributed by atoms with Gasteiger partial charge < -0.3 is 9.47 Å². The minimum absolute atomic E-state index is 0.0534. The lowest BCUT2D eigenvalue weighted by molar-refractivity contribution is -0.169. The summed E-state index contributed by atoms with van der Waals surface area (Å²) in [6, 6.07) is 14.2. The van der Waals surface area contributed by atoms with Crippen molar-refractivity contribution in [2.24, 2.45) is 11.8 Å². The van der Waals surface area contributed by atoms with Gasteiger partial charge in [-0.15, -0.1) is 11.3 Å². The normalized spacial score (nSPS) is 30.1. The van der Waals surface area contributed by atoms with Gasteiger partial charge in [0.05, 0.1) is 30.6 Å². The molecule has 5 heteroatoms. The summed E-state index contributed by atoms with van der Waals surface area (Å²) >= 11 is 1.81. The molecule has 1 aromatic heterocycles. The van der Waals surface area contributed by atoms with E-state index in [0.717, 1.165) is 37.9 Å². The molecule has 4 nitrogen and oxygen atoms in total. The molecule has 1 saturated heterocycles. The van der Waals surface area contributed by atoms with Gasteiger partial charge in [-0.05, 0) is 36.3 Å². The summed E-state index contributed by atoms with van der Waals surface area (Å²) in [7, 11) is 0. The summed E-state index contributed by atoms with van der Waals surface area (Å²) in [6.07, 6.45) is 4.68. The van der Waals surface area contributed by atoms with Crippen molar-refractivity contribution in [3.63, 3.8) is 0 Å². The molecule has 0 N–H and O–H groups in total. The highest BCUT2D eigenvalue weighted by Gasteiger charge is 2.48. The first kappa shape index (κ1) is 18.1. The molecule has 3 heterocycles. The molecule has 0 amide bonds.